The van der Waals surface area contributed by atoms with Crippen LogP contribution < -0.4 is 16.2 Å². The predicted octanol–water partition coefficient (Wildman–Crippen LogP) is 6.87. The van der Waals surface area contributed by atoms with Gasteiger partial charge in [-0.25, -0.2) is 4.99 Å². The number of benzene rings is 3. The third kappa shape index (κ3) is 7.95. The fourth-order valence-corrected chi connectivity index (χ4v) is 14.8. The Balaban J connectivity index is 1.20. The highest BCUT2D eigenvalue weighted by atomic mass is 32.2. The first kappa shape index (κ1) is 45.1. The number of nitrogens with zero attached hydrogens (tertiary/aromatic N) is 1. The summed E-state index contributed by atoms with van der Waals surface area (Å²) >= 11 is 0. The number of aliphatic imine (C=N–C) groups is 1. The highest BCUT2D eigenvalue weighted by molar-refractivity contribution is 7.86. The van der Waals surface area contributed by atoms with Gasteiger partial charge in [-0.05, 0) is 140 Å². The SMILES string of the molecule is CC1CCc2cc3ccc2C1CC(S(=O)(=O)O)C1C=C2CC(CC4CC(CO)CC#Cc5cc(O)ccc5C2O4)C1c1ccc(cc1)C(N=C(N)N)(C1C=CC2CCCC2(O)C1CCO)O3. The molecule has 14 unspecified atom stereocenters. The second-order valence-corrected chi connectivity index (χ2v) is 22.1. The third-order valence-corrected chi connectivity index (χ3v) is 18.0. The number of ether oxygens (including phenoxy) is 2. The summed E-state index contributed by atoms with van der Waals surface area (Å²) in [6.45, 7) is 1.93. The molecule has 0 aromatic heterocycles. The molecule has 5 heterocycles. The van der Waals surface area contributed by atoms with Crippen molar-refractivity contribution in [3.63, 3.8) is 0 Å². The van der Waals surface area contributed by atoms with E-state index in [9.17, 15) is 33.4 Å². The first-order chi connectivity index (χ1) is 31.7. The Hall–Kier alpha value is -4.68. The molecule has 66 heavy (non-hydrogen) atoms. The van der Waals surface area contributed by atoms with Crippen LogP contribution in [0.25, 0.3) is 0 Å². The molecular weight excluding hydrogens is 855 g/mol. The fraction of sp³-hybridized carbons (Fsp3) is 0.528. The van der Waals surface area contributed by atoms with Crippen LogP contribution >= 0.6 is 0 Å². The normalized spacial score (nSPS) is 36.7. The second-order valence-electron chi connectivity index (χ2n) is 20.5. The average Bonchev–Trinajstić information content (AvgIpc) is 3.62. The Morgan fingerprint density at radius 2 is 1.79 bits per heavy atom. The van der Waals surface area contributed by atoms with Gasteiger partial charge in [0.05, 0.1) is 17.0 Å². The number of phenolic OH excluding ortho intramolecular Hbond substituents is 1. The lowest BCUT2D eigenvalue weighted by atomic mass is 9.63. The third-order valence-electron chi connectivity index (χ3n) is 16.7. The average molecular weight is 918 g/mol. The highest BCUT2D eigenvalue weighted by Crippen LogP contribution is 2.58. The van der Waals surface area contributed by atoms with Gasteiger partial charge in [0.2, 0.25) is 5.72 Å². The van der Waals surface area contributed by atoms with E-state index in [1.165, 1.54) is 0 Å². The molecule has 10 bridgehead atoms. The van der Waals surface area contributed by atoms with Crippen LogP contribution in [0.5, 0.6) is 11.5 Å². The van der Waals surface area contributed by atoms with Gasteiger partial charge in [0.1, 0.15) is 17.6 Å². The zero-order chi connectivity index (χ0) is 46.1. The molecule has 12 nitrogen and oxygen atoms in total. The van der Waals surface area contributed by atoms with Gasteiger partial charge in [0.25, 0.3) is 10.1 Å². The van der Waals surface area contributed by atoms with Crippen molar-refractivity contribution in [1.82, 2.24) is 0 Å². The van der Waals surface area contributed by atoms with Crippen molar-refractivity contribution in [1.29, 1.82) is 0 Å². The van der Waals surface area contributed by atoms with E-state index in [1.54, 1.807) is 12.1 Å². The van der Waals surface area contributed by atoms with Gasteiger partial charge in [-0.3, -0.25) is 4.55 Å². The molecule has 9 aliphatic rings. The lowest BCUT2D eigenvalue weighted by Crippen LogP contribution is -2.55. The summed E-state index contributed by atoms with van der Waals surface area (Å²) in [7, 11) is -4.67. The molecule has 3 aromatic rings. The number of phenols is 1. The Morgan fingerprint density at radius 1 is 0.985 bits per heavy atom. The van der Waals surface area contributed by atoms with Gasteiger partial charge in [0, 0.05) is 60.0 Å². The van der Waals surface area contributed by atoms with Crippen molar-refractivity contribution in [2.24, 2.45) is 57.9 Å². The van der Waals surface area contributed by atoms with E-state index < -0.39 is 56.5 Å². The van der Waals surface area contributed by atoms with E-state index in [-0.39, 0.29) is 67.0 Å². The molecule has 0 radical (unpaired) electrons. The summed E-state index contributed by atoms with van der Waals surface area (Å²) < 4.78 is 54.4. The quantitative estimate of drug-likeness (QED) is 0.0445. The molecular formula is C53H63N3O9S. The molecule has 1 saturated carbocycles. The molecule has 0 spiro atoms. The van der Waals surface area contributed by atoms with Crippen LogP contribution in [0.4, 0.5) is 0 Å². The van der Waals surface area contributed by atoms with E-state index in [2.05, 4.69) is 37.0 Å². The summed E-state index contributed by atoms with van der Waals surface area (Å²) in [5.74, 6) is 4.22. The number of aliphatic hydroxyl groups excluding tert-OH is 2. The van der Waals surface area contributed by atoms with Crippen molar-refractivity contribution in [3.8, 4) is 23.3 Å². The summed E-state index contributed by atoms with van der Waals surface area (Å²) in [6, 6.07) is 18.9. The van der Waals surface area contributed by atoms with Gasteiger partial charge >= 0.3 is 0 Å². The minimum absolute atomic E-state index is 0.0709. The maximum atomic E-state index is 14.2. The van der Waals surface area contributed by atoms with E-state index in [1.807, 2.05) is 48.5 Å². The van der Waals surface area contributed by atoms with E-state index in [4.69, 9.17) is 25.9 Å². The summed E-state index contributed by atoms with van der Waals surface area (Å²) in [4.78, 5) is 5.02. The number of hydrogen-bond donors (Lipinski definition) is 7. The summed E-state index contributed by atoms with van der Waals surface area (Å²) in [5.41, 5.74) is 15.9. The van der Waals surface area contributed by atoms with Gasteiger partial charge in [-0.15, -0.1) is 0 Å². The maximum absolute atomic E-state index is 14.2. The number of allylic oxidation sites excluding steroid dienone is 1. The van der Waals surface area contributed by atoms with Crippen LogP contribution in [0.3, 0.4) is 0 Å². The van der Waals surface area contributed by atoms with Crippen LogP contribution in [0.15, 0.2) is 89.5 Å². The number of aliphatic hydroxyl groups is 3. The Labute approximate surface area is 388 Å². The standard InChI is InChI=1S/C53H63N3O9S/c1-30-7-8-34-25-40-15-17-42(34)44(30)28-48(66(61,62)63)45-27-36-23-35(26-41-22-31(29-58)4-2-5-33-24-39(59)14-16-43(33)50(36)64-41)49(45)32-9-11-38(12-10-32)53(65-40,56-51(54)55)47-18-13-37-6-3-20-52(37,60)46(47)19-21-57/h9-18,24-25,27,30-31,35,37,41,44-50,57-60H,3-4,6-8,19-23,26,28-29H2,1H3,(H4,54,55,56)(H,61,62,63). The Kier molecular flexibility index (Phi) is 11.9. The monoisotopic (exact) mass is 917 g/mol. The minimum atomic E-state index is -4.67. The summed E-state index contributed by atoms with van der Waals surface area (Å²) in [5, 5.41) is 43.1. The highest BCUT2D eigenvalue weighted by Gasteiger charge is 2.58. The van der Waals surface area contributed by atoms with Gasteiger partial charge < -0.3 is 41.4 Å². The van der Waals surface area contributed by atoms with Gasteiger partial charge in [-0.2, -0.15) is 8.42 Å². The first-order valence-electron chi connectivity index (χ1n) is 24.0. The molecule has 350 valence electrons. The van der Waals surface area contributed by atoms with E-state index >= 15 is 0 Å². The van der Waals surface area contributed by atoms with Gasteiger partial charge in [0.15, 0.2) is 5.96 Å². The largest absolute Gasteiger partial charge is 0.508 e. The van der Waals surface area contributed by atoms with Crippen LogP contribution in [0.2, 0.25) is 0 Å². The van der Waals surface area contributed by atoms with Crippen molar-refractivity contribution in [2.75, 3.05) is 13.2 Å². The van der Waals surface area contributed by atoms with E-state index in [0.29, 0.717) is 55.4 Å². The molecule has 3 aromatic carbocycles. The Bertz CT molecular complexity index is 2620. The van der Waals surface area contributed by atoms with Crippen molar-refractivity contribution in [2.45, 2.75) is 118 Å². The smallest absolute Gasteiger partial charge is 0.268 e. The van der Waals surface area contributed by atoms with E-state index in [0.717, 1.165) is 53.5 Å². The second kappa shape index (κ2) is 17.4. The molecule has 0 amide bonds. The molecule has 4 aliphatic carbocycles. The molecule has 2 fully saturated rings. The number of nitrogens with two attached hydrogens (primary N) is 2. The zero-order valence-electron chi connectivity index (χ0n) is 37.5. The Morgan fingerprint density at radius 3 is 2.55 bits per heavy atom. The minimum Gasteiger partial charge on any atom is -0.508 e. The summed E-state index contributed by atoms with van der Waals surface area (Å²) in [6.07, 6.45) is 11.7. The number of aromatic hydroxyl groups is 1. The molecule has 12 rings (SSSR count). The fourth-order valence-electron chi connectivity index (χ4n) is 13.7. The first-order valence-corrected chi connectivity index (χ1v) is 25.5. The molecule has 5 aliphatic heterocycles. The zero-order valence-corrected chi connectivity index (χ0v) is 38.3. The lowest BCUT2D eigenvalue weighted by molar-refractivity contribution is -0.111. The predicted molar refractivity (Wildman–Crippen MR) is 251 cm³/mol. The van der Waals surface area contributed by atoms with Crippen LogP contribution in [0.1, 0.15) is 122 Å². The van der Waals surface area contributed by atoms with Crippen molar-refractivity contribution < 1.29 is 42.9 Å². The van der Waals surface area contributed by atoms with Crippen LogP contribution in [-0.2, 0) is 27.0 Å². The van der Waals surface area contributed by atoms with Crippen molar-refractivity contribution in [3.05, 3.63) is 118 Å². The maximum Gasteiger partial charge on any atom is 0.268 e. The number of rotatable bonds is 6. The number of fused-ring (bicyclic) bond motifs is 10. The molecule has 1 saturated heterocycles. The van der Waals surface area contributed by atoms with Gasteiger partial charge in [-0.1, -0.05) is 73.4 Å². The topological polar surface area (TPSA) is 218 Å². The number of hydrogen-bond acceptors (Lipinski definition) is 9. The molecule has 9 N–H and O–H groups in total. The lowest BCUT2D eigenvalue weighted by Gasteiger charge is -2.49. The van der Waals surface area contributed by atoms with Crippen LogP contribution in [-0.4, -0.2) is 69.5 Å². The molecule has 14 atom stereocenters. The van der Waals surface area contributed by atoms with Crippen LogP contribution in [0, 0.1) is 53.3 Å². The van der Waals surface area contributed by atoms with Crippen molar-refractivity contribution >= 4 is 16.1 Å². The number of guanidine groups is 1. The number of aryl methyl sites for hydroxylation is 1. The molecule has 13 heteroatoms.